The minimum absolute atomic E-state index is 0.193. The topological polar surface area (TPSA) is 43.4 Å². The Kier molecular flexibility index (Phi) is 2.57. The summed E-state index contributed by atoms with van der Waals surface area (Å²) in [5.74, 6) is -0.755. The molecule has 3 nitrogen and oxygen atoms in total. The number of carbonyl (C=O) groups is 2. The van der Waals surface area contributed by atoms with Gasteiger partial charge in [0.25, 0.3) is 0 Å². The molecular weight excluding hydrogens is 136 g/mol. The zero-order valence-corrected chi connectivity index (χ0v) is 6.80. The zero-order chi connectivity index (χ0) is 7.49. The normalized spacial score (nSPS) is 10.6. The van der Waals surface area contributed by atoms with Crippen LogP contribution in [-0.4, -0.2) is 20.6 Å². The molecule has 0 bridgehead atoms. The van der Waals surface area contributed by atoms with Crippen molar-refractivity contribution < 1.29 is 14.0 Å². The number of hydrogen-bond donors (Lipinski definition) is 0. The molecule has 52 valence electrons. The lowest BCUT2D eigenvalue weighted by Crippen LogP contribution is -2.29. The van der Waals surface area contributed by atoms with E-state index in [-0.39, 0.29) is 6.29 Å². The van der Waals surface area contributed by atoms with Gasteiger partial charge in [-0.3, -0.25) is 4.79 Å². The highest BCUT2D eigenvalue weighted by molar-refractivity contribution is 6.72. The Morgan fingerprint density at radius 1 is 1.44 bits per heavy atom. The molecule has 0 aromatic heterocycles. The molecule has 0 rings (SSSR count). The summed E-state index contributed by atoms with van der Waals surface area (Å²) in [7, 11) is -1.82. The molecule has 0 saturated carbocycles. The zero-order valence-electron chi connectivity index (χ0n) is 5.80. The van der Waals surface area contributed by atoms with Crippen molar-refractivity contribution in [2.24, 2.45) is 0 Å². The van der Waals surface area contributed by atoms with E-state index in [4.69, 9.17) is 4.43 Å². The van der Waals surface area contributed by atoms with Crippen LogP contribution in [0.15, 0.2) is 0 Å². The van der Waals surface area contributed by atoms with E-state index >= 15 is 0 Å². The van der Waals surface area contributed by atoms with Crippen molar-refractivity contribution in [2.75, 3.05) is 0 Å². The molecule has 0 aliphatic heterocycles. The third-order valence-electron chi connectivity index (χ3n) is 0.503. The van der Waals surface area contributed by atoms with Crippen molar-refractivity contribution in [1.82, 2.24) is 0 Å². The molecule has 0 aromatic carbocycles. The average molecular weight is 146 g/mol. The van der Waals surface area contributed by atoms with E-state index in [1.54, 1.807) is 0 Å². The van der Waals surface area contributed by atoms with Gasteiger partial charge in [0.15, 0.2) is 0 Å². The van der Waals surface area contributed by atoms with E-state index in [2.05, 4.69) is 0 Å². The number of rotatable bonds is 2. The summed E-state index contributed by atoms with van der Waals surface area (Å²) in [5.41, 5.74) is 0. The lowest BCUT2D eigenvalue weighted by atomic mass is 10.8. The fourth-order valence-electron chi connectivity index (χ4n) is 0.326. The minimum atomic E-state index is -1.82. The maximum Gasteiger partial charge on any atom is 0.357 e. The molecule has 0 aromatic rings. The van der Waals surface area contributed by atoms with Crippen LogP contribution in [0.3, 0.4) is 0 Å². The predicted octanol–water partition coefficient (Wildman–Crippen LogP) is 0.563. The van der Waals surface area contributed by atoms with Crippen LogP contribution in [0.25, 0.3) is 0 Å². The molecule has 0 N–H and O–H groups in total. The fraction of sp³-hybridized carbons (Fsp3) is 0.600. The van der Waals surface area contributed by atoms with Crippen LogP contribution < -0.4 is 0 Å². The van der Waals surface area contributed by atoms with Crippen LogP contribution >= 0.6 is 0 Å². The van der Waals surface area contributed by atoms with Gasteiger partial charge in [-0.25, -0.2) is 4.79 Å². The smallest absolute Gasteiger partial charge is 0.357 e. The van der Waals surface area contributed by atoms with Crippen molar-refractivity contribution in [1.29, 1.82) is 0 Å². The SMILES string of the molecule is C[Si](C)(C)OC(=O)C=O. The highest BCUT2D eigenvalue weighted by Crippen LogP contribution is 2.00. The Morgan fingerprint density at radius 3 is 2.00 bits per heavy atom. The first-order chi connectivity index (χ1) is 3.95. The van der Waals surface area contributed by atoms with Crippen LogP contribution in [0.1, 0.15) is 0 Å². The van der Waals surface area contributed by atoms with Crippen LogP contribution in [-0.2, 0) is 14.0 Å². The second-order valence-corrected chi connectivity index (χ2v) is 7.08. The van der Waals surface area contributed by atoms with Crippen LogP contribution in [0.5, 0.6) is 0 Å². The molecule has 0 fully saturated rings. The van der Waals surface area contributed by atoms with Gasteiger partial charge >= 0.3 is 5.97 Å². The first-order valence-corrected chi connectivity index (χ1v) is 6.04. The maximum absolute atomic E-state index is 10.3. The van der Waals surface area contributed by atoms with Crippen LogP contribution in [0.4, 0.5) is 0 Å². The molecule has 0 heterocycles. The van der Waals surface area contributed by atoms with Gasteiger partial charge in [-0.1, -0.05) is 0 Å². The number of aldehydes is 1. The van der Waals surface area contributed by atoms with E-state index < -0.39 is 14.3 Å². The van der Waals surface area contributed by atoms with Gasteiger partial charge in [-0.15, -0.1) is 0 Å². The van der Waals surface area contributed by atoms with E-state index in [0.717, 1.165) is 0 Å². The lowest BCUT2D eigenvalue weighted by molar-refractivity contribution is -0.141. The molecule has 0 aliphatic rings. The third kappa shape index (κ3) is 5.22. The summed E-state index contributed by atoms with van der Waals surface area (Å²) in [5, 5.41) is 0. The molecular formula is C5H10O3Si. The van der Waals surface area contributed by atoms with E-state index in [1.165, 1.54) is 0 Å². The molecule has 0 aliphatic carbocycles. The Labute approximate surface area is 55.1 Å². The summed E-state index contributed by atoms with van der Waals surface area (Å²) in [4.78, 5) is 20.0. The second kappa shape index (κ2) is 2.77. The second-order valence-electron chi connectivity index (χ2n) is 2.65. The maximum atomic E-state index is 10.3. The van der Waals surface area contributed by atoms with E-state index in [9.17, 15) is 9.59 Å². The van der Waals surface area contributed by atoms with Gasteiger partial charge in [-0.05, 0) is 19.6 Å². The van der Waals surface area contributed by atoms with Crippen molar-refractivity contribution in [2.45, 2.75) is 19.6 Å². The van der Waals surface area contributed by atoms with E-state index in [0.29, 0.717) is 0 Å². The predicted molar refractivity (Wildman–Crippen MR) is 35.5 cm³/mol. The van der Waals surface area contributed by atoms with Gasteiger partial charge in [0.2, 0.25) is 14.6 Å². The molecule has 0 atom stereocenters. The largest absolute Gasteiger partial charge is 0.515 e. The molecule has 9 heavy (non-hydrogen) atoms. The van der Waals surface area contributed by atoms with Crippen molar-refractivity contribution in [3.8, 4) is 0 Å². The van der Waals surface area contributed by atoms with Crippen molar-refractivity contribution >= 4 is 20.6 Å². The first kappa shape index (κ1) is 8.36. The average Bonchev–Trinajstić information content (AvgIpc) is 1.62. The Bertz CT molecular complexity index is 125. The molecule has 0 amide bonds. The van der Waals surface area contributed by atoms with Gasteiger partial charge < -0.3 is 4.43 Å². The first-order valence-electron chi connectivity index (χ1n) is 2.64. The molecule has 0 spiro atoms. The van der Waals surface area contributed by atoms with Gasteiger partial charge in [0, 0.05) is 0 Å². The minimum Gasteiger partial charge on any atom is -0.515 e. The van der Waals surface area contributed by atoms with Crippen molar-refractivity contribution in [3.05, 3.63) is 0 Å². The van der Waals surface area contributed by atoms with Gasteiger partial charge in [-0.2, -0.15) is 0 Å². The van der Waals surface area contributed by atoms with Gasteiger partial charge in [0.05, 0.1) is 0 Å². The van der Waals surface area contributed by atoms with Crippen molar-refractivity contribution in [3.63, 3.8) is 0 Å². The van der Waals surface area contributed by atoms with Crippen LogP contribution in [0, 0.1) is 0 Å². The quantitative estimate of drug-likeness (QED) is 0.325. The molecule has 0 saturated heterocycles. The third-order valence-corrected chi connectivity index (χ3v) is 1.32. The summed E-state index contributed by atoms with van der Waals surface area (Å²) in [6, 6.07) is 0. The highest BCUT2D eigenvalue weighted by atomic mass is 28.4. The Hall–Kier alpha value is -0.643. The summed E-state index contributed by atoms with van der Waals surface area (Å²) < 4.78 is 4.72. The standard InChI is InChI=1S/C5H10O3Si/c1-9(2,3)8-5(7)4-6/h4H,1-3H3. The molecule has 0 unspecified atom stereocenters. The monoisotopic (exact) mass is 146 g/mol. The summed E-state index contributed by atoms with van der Waals surface area (Å²) in [6.45, 7) is 5.52. The molecule has 4 heteroatoms. The van der Waals surface area contributed by atoms with E-state index in [1.807, 2.05) is 19.6 Å². The Balaban J connectivity index is 3.74. The van der Waals surface area contributed by atoms with Crippen LogP contribution in [0.2, 0.25) is 19.6 Å². The molecule has 0 radical (unpaired) electrons. The lowest BCUT2D eigenvalue weighted by Gasteiger charge is -2.13. The number of carbonyl (C=O) groups excluding carboxylic acids is 2. The summed E-state index contributed by atoms with van der Waals surface area (Å²) in [6.07, 6.45) is 0.193. The summed E-state index contributed by atoms with van der Waals surface area (Å²) >= 11 is 0. The Morgan fingerprint density at radius 2 is 1.89 bits per heavy atom. The van der Waals surface area contributed by atoms with Gasteiger partial charge in [0.1, 0.15) is 0 Å². The number of hydrogen-bond acceptors (Lipinski definition) is 3. The fourth-order valence-corrected chi connectivity index (χ4v) is 0.977. The highest BCUT2D eigenvalue weighted by Gasteiger charge is 2.18.